The molecule has 1 aromatic heterocycles. The highest BCUT2D eigenvalue weighted by Crippen LogP contribution is 2.36. The first-order valence-corrected chi connectivity index (χ1v) is 7.85. The number of hydrogen-bond acceptors (Lipinski definition) is 5. The number of hydrogen-bond donors (Lipinski definition) is 1. The third kappa shape index (κ3) is 3.34. The van der Waals surface area contributed by atoms with Crippen LogP contribution in [0.25, 0.3) is 0 Å². The second-order valence-corrected chi connectivity index (χ2v) is 7.00. The molecule has 1 N–H and O–H groups in total. The lowest BCUT2D eigenvalue weighted by Gasteiger charge is -2.32. The molecular weight excluding hydrogens is 312 g/mol. The van der Waals surface area contributed by atoms with Crippen molar-refractivity contribution in [2.75, 3.05) is 5.32 Å². The molecule has 0 saturated carbocycles. The van der Waals surface area contributed by atoms with Gasteiger partial charge in [0.2, 0.25) is 5.95 Å². The Morgan fingerprint density at radius 3 is 2.22 bits per heavy atom. The Balaban J connectivity index is 1.73. The fourth-order valence-corrected chi connectivity index (χ4v) is 2.39. The molecule has 7 heteroatoms. The Hall–Kier alpha value is -1.63. The van der Waals surface area contributed by atoms with Gasteiger partial charge in [-0.2, -0.15) is 0 Å². The molecule has 0 atom stereocenters. The van der Waals surface area contributed by atoms with E-state index < -0.39 is 7.12 Å². The van der Waals surface area contributed by atoms with Gasteiger partial charge in [-0.3, -0.25) is 0 Å². The topological polar surface area (TPSA) is 56.3 Å². The average Bonchev–Trinajstić information content (AvgIpc) is 2.68. The summed E-state index contributed by atoms with van der Waals surface area (Å²) in [4.78, 5) is 8.64. The lowest BCUT2D eigenvalue weighted by Crippen LogP contribution is -2.41. The van der Waals surface area contributed by atoms with E-state index in [4.69, 9.17) is 20.9 Å². The Kier molecular flexibility index (Phi) is 4.08. The quantitative estimate of drug-likeness (QED) is 0.876. The van der Waals surface area contributed by atoms with Crippen LogP contribution in [0.3, 0.4) is 0 Å². The molecule has 2 heterocycles. The van der Waals surface area contributed by atoms with E-state index in [1.54, 1.807) is 12.4 Å². The largest absolute Gasteiger partial charge is 0.498 e. The zero-order valence-corrected chi connectivity index (χ0v) is 14.4. The minimum absolute atomic E-state index is 0.380. The Morgan fingerprint density at radius 2 is 1.65 bits per heavy atom. The second kappa shape index (κ2) is 5.78. The average molecular weight is 332 g/mol. The van der Waals surface area contributed by atoms with Gasteiger partial charge in [-0.1, -0.05) is 17.7 Å². The van der Waals surface area contributed by atoms with Gasteiger partial charge in [0.15, 0.2) is 0 Å². The van der Waals surface area contributed by atoms with Gasteiger partial charge in [0, 0.05) is 28.6 Å². The maximum absolute atomic E-state index is 5.98. The first-order chi connectivity index (χ1) is 10.8. The Labute approximate surface area is 141 Å². The van der Waals surface area contributed by atoms with Crippen molar-refractivity contribution in [2.45, 2.75) is 38.9 Å². The molecule has 2 aromatic rings. The van der Waals surface area contributed by atoms with E-state index in [1.807, 2.05) is 52.0 Å². The summed E-state index contributed by atoms with van der Waals surface area (Å²) in [6.07, 6.45) is 3.42. The first kappa shape index (κ1) is 16.2. The van der Waals surface area contributed by atoms with Gasteiger partial charge >= 0.3 is 7.12 Å². The number of halogens is 1. The molecule has 120 valence electrons. The summed E-state index contributed by atoms with van der Waals surface area (Å²) >= 11 is 5.96. The van der Waals surface area contributed by atoms with E-state index in [0.717, 1.165) is 11.2 Å². The van der Waals surface area contributed by atoms with Crippen LogP contribution < -0.4 is 10.8 Å². The highest BCUT2D eigenvalue weighted by Gasteiger charge is 2.51. The zero-order chi connectivity index (χ0) is 16.7. The van der Waals surface area contributed by atoms with Crippen LogP contribution in [0, 0.1) is 0 Å². The van der Waals surface area contributed by atoms with Crippen molar-refractivity contribution in [2.24, 2.45) is 0 Å². The molecule has 0 unspecified atom stereocenters. The zero-order valence-electron chi connectivity index (χ0n) is 13.6. The van der Waals surface area contributed by atoms with Crippen LogP contribution >= 0.6 is 11.6 Å². The van der Waals surface area contributed by atoms with E-state index in [1.165, 1.54) is 0 Å². The van der Waals surface area contributed by atoms with Crippen LogP contribution in [-0.4, -0.2) is 28.3 Å². The smallest absolute Gasteiger partial charge is 0.399 e. The predicted octanol–water partition coefficient (Wildman–Crippen LogP) is 3.17. The van der Waals surface area contributed by atoms with E-state index >= 15 is 0 Å². The van der Waals surface area contributed by atoms with E-state index in [0.29, 0.717) is 11.0 Å². The van der Waals surface area contributed by atoms with Crippen molar-refractivity contribution < 1.29 is 9.31 Å². The van der Waals surface area contributed by atoms with Crippen molar-refractivity contribution in [3.05, 3.63) is 41.7 Å². The number of anilines is 2. The van der Waals surface area contributed by atoms with Gasteiger partial charge in [0.1, 0.15) is 0 Å². The lowest BCUT2D eigenvalue weighted by molar-refractivity contribution is 0.00578. The SMILES string of the molecule is CC1(C)OB(c2cnc(Nc3cccc(Cl)c3)nc2)OC1(C)C. The monoisotopic (exact) mass is 331 g/mol. The van der Waals surface area contributed by atoms with Gasteiger partial charge in [-0.15, -0.1) is 0 Å². The van der Waals surface area contributed by atoms with Gasteiger partial charge in [-0.05, 0) is 45.9 Å². The molecule has 1 fully saturated rings. The molecule has 1 saturated heterocycles. The molecule has 0 aliphatic carbocycles. The van der Waals surface area contributed by atoms with E-state index in [-0.39, 0.29) is 11.2 Å². The third-order valence-electron chi connectivity index (χ3n) is 4.28. The standard InChI is InChI=1S/C16H19BClN3O2/c1-15(2)16(3,4)23-17(22-15)11-9-19-14(20-10-11)21-13-7-5-6-12(18)8-13/h5-10H,1-4H3,(H,19,20,21). The molecule has 0 bridgehead atoms. The predicted molar refractivity (Wildman–Crippen MR) is 92.5 cm³/mol. The fourth-order valence-electron chi connectivity index (χ4n) is 2.20. The van der Waals surface area contributed by atoms with Gasteiger partial charge in [0.05, 0.1) is 11.2 Å². The normalized spacial score (nSPS) is 18.9. The number of nitrogens with one attached hydrogen (secondary N) is 1. The molecule has 1 aliphatic heterocycles. The molecule has 1 aromatic carbocycles. The van der Waals surface area contributed by atoms with Gasteiger partial charge < -0.3 is 14.6 Å². The van der Waals surface area contributed by atoms with Crippen LogP contribution in [-0.2, 0) is 9.31 Å². The first-order valence-electron chi connectivity index (χ1n) is 7.47. The summed E-state index contributed by atoms with van der Waals surface area (Å²) in [6, 6.07) is 7.39. The Bertz CT molecular complexity index is 691. The number of nitrogens with zero attached hydrogens (tertiary/aromatic N) is 2. The molecule has 1 aliphatic rings. The minimum Gasteiger partial charge on any atom is -0.399 e. The summed E-state index contributed by atoms with van der Waals surface area (Å²) in [7, 11) is -0.458. The molecule has 23 heavy (non-hydrogen) atoms. The highest BCUT2D eigenvalue weighted by atomic mass is 35.5. The molecule has 0 amide bonds. The van der Waals surface area contributed by atoms with Crippen LogP contribution in [0.5, 0.6) is 0 Å². The maximum atomic E-state index is 5.98. The molecule has 0 radical (unpaired) electrons. The Morgan fingerprint density at radius 1 is 1.04 bits per heavy atom. The summed E-state index contributed by atoms with van der Waals surface area (Å²) in [5, 5.41) is 3.76. The third-order valence-corrected chi connectivity index (χ3v) is 4.51. The summed E-state index contributed by atoms with van der Waals surface area (Å²) < 4.78 is 12.0. The minimum atomic E-state index is -0.458. The summed E-state index contributed by atoms with van der Waals surface area (Å²) in [6.45, 7) is 8.07. The van der Waals surface area contributed by atoms with Crippen molar-refractivity contribution >= 4 is 35.8 Å². The van der Waals surface area contributed by atoms with Crippen LogP contribution in [0.2, 0.25) is 5.02 Å². The highest BCUT2D eigenvalue weighted by molar-refractivity contribution is 6.61. The fraction of sp³-hybridized carbons (Fsp3) is 0.375. The maximum Gasteiger partial charge on any atom is 0.498 e. The van der Waals surface area contributed by atoms with E-state index in [9.17, 15) is 0 Å². The number of aromatic nitrogens is 2. The molecule has 5 nitrogen and oxygen atoms in total. The van der Waals surface area contributed by atoms with Crippen molar-refractivity contribution in [1.29, 1.82) is 0 Å². The second-order valence-electron chi connectivity index (χ2n) is 6.56. The molecule has 0 spiro atoms. The number of rotatable bonds is 3. The lowest BCUT2D eigenvalue weighted by atomic mass is 9.81. The van der Waals surface area contributed by atoms with Crippen molar-refractivity contribution in [3.63, 3.8) is 0 Å². The molecular formula is C16H19BClN3O2. The summed E-state index contributed by atoms with van der Waals surface area (Å²) in [5.41, 5.74) is 0.867. The van der Waals surface area contributed by atoms with Crippen molar-refractivity contribution in [3.8, 4) is 0 Å². The van der Waals surface area contributed by atoms with Crippen molar-refractivity contribution in [1.82, 2.24) is 9.97 Å². The number of benzene rings is 1. The van der Waals surface area contributed by atoms with Crippen LogP contribution in [0.4, 0.5) is 11.6 Å². The van der Waals surface area contributed by atoms with Crippen LogP contribution in [0.1, 0.15) is 27.7 Å². The van der Waals surface area contributed by atoms with Crippen LogP contribution in [0.15, 0.2) is 36.7 Å². The van der Waals surface area contributed by atoms with Gasteiger partial charge in [-0.25, -0.2) is 9.97 Å². The molecule has 3 rings (SSSR count). The van der Waals surface area contributed by atoms with E-state index in [2.05, 4.69) is 15.3 Å². The van der Waals surface area contributed by atoms with Gasteiger partial charge in [0.25, 0.3) is 0 Å². The summed E-state index contributed by atoms with van der Waals surface area (Å²) in [5.74, 6) is 0.493.